The van der Waals surface area contributed by atoms with Crippen LogP contribution in [0.2, 0.25) is 0 Å². The van der Waals surface area contributed by atoms with Crippen molar-refractivity contribution in [2.75, 3.05) is 11.1 Å². The molecule has 2 aliphatic rings. The Morgan fingerprint density at radius 3 is 2.69 bits per heavy atom. The number of anilines is 1. The van der Waals surface area contributed by atoms with E-state index in [2.05, 4.69) is 5.32 Å². The summed E-state index contributed by atoms with van der Waals surface area (Å²) >= 11 is 3.07. The molecule has 1 aliphatic carbocycles. The molecule has 1 N–H and O–H groups in total. The number of aromatic nitrogens is 2. The van der Waals surface area contributed by atoms with Crippen molar-refractivity contribution < 1.29 is 4.79 Å². The van der Waals surface area contributed by atoms with Crippen LogP contribution < -0.4 is 10.9 Å². The maximum Gasteiger partial charge on any atom is 0.263 e. The van der Waals surface area contributed by atoms with Crippen molar-refractivity contribution >= 4 is 35.1 Å². The van der Waals surface area contributed by atoms with Gasteiger partial charge in [-0.1, -0.05) is 61.0 Å². The van der Waals surface area contributed by atoms with E-state index in [1.54, 1.807) is 16.3 Å². The summed E-state index contributed by atoms with van der Waals surface area (Å²) in [6.07, 6.45) is 4.58. The van der Waals surface area contributed by atoms with Crippen LogP contribution in [0.1, 0.15) is 42.7 Å². The number of carbonyl (C=O) groups excluding carboxylic acids is 1. The Morgan fingerprint density at radius 2 is 1.88 bits per heavy atom. The smallest absolute Gasteiger partial charge is 0.263 e. The zero-order valence-corrected chi connectivity index (χ0v) is 19.5. The van der Waals surface area contributed by atoms with Gasteiger partial charge in [-0.15, -0.1) is 11.8 Å². The summed E-state index contributed by atoms with van der Waals surface area (Å²) in [7, 11) is 0. The van der Waals surface area contributed by atoms with E-state index >= 15 is 0 Å². The van der Waals surface area contributed by atoms with Crippen molar-refractivity contribution in [1.82, 2.24) is 9.55 Å². The van der Waals surface area contributed by atoms with E-state index in [0.717, 1.165) is 40.4 Å². The third-order valence-electron chi connectivity index (χ3n) is 6.15. The van der Waals surface area contributed by atoms with Crippen LogP contribution >= 0.6 is 23.5 Å². The van der Waals surface area contributed by atoms with E-state index in [-0.39, 0.29) is 17.2 Å². The molecule has 1 aromatic heterocycles. The number of hydrogen-bond donors (Lipinski definition) is 1. The van der Waals surface area contributed by atoms with Gasteiger partial charge in [0.1, 0.15) is 5.03 Å². The van der Waals surface area contributed by atoms with Crippen LogP contribution in [0.25, 0.3) is 5.69 Å². The molecule has 1 amide bonds. The molecule has 5 nitrogen and oxygen atoms in total. The number of amides is 1. The largest absolute Gasteiger partial charge is 0.325 e. The number of benzene rings is 2. The lowest BCUT2D eigenvalue weighted by Gasteiger charge is -2.24. The van der Waals surface area contributed by atoms with E-state index < -0.39 is 0 Å². The van der Waals surface area contributed by atoms with Crippen LogP contribution in [-0.4, -0.2) is 26.5 Å². The zero-order chi connectivity index (χ0) is 22.1. The number of hydrogen-bond acceptors (Lipinski definition) is 5. The highest BCUT2D eigenvalue weighted by molar-refractivity contribution is 8.00. The summed E-state index contributed by atoms with van der Waals surface area (Å²) in [4.78, 5) is 31.3. The average Bonchev–Trinajstić information content (AvgIpc) is 3.18. The lowest BCUT2D eigenvalue weighted by molar-refractivity contribution is -0.113. The first kappa shape index (κ1) is 21.3. The number of rotatable bonds is 5. The predicted molar refractivity (Wildman–Crippen MR) is 131 cm³/mol. The quantitative estimate of drug-likeness (QED) is 0.312. The van der Waals surface area contributed by atoms with Gasteiger partial charge in [0.05, 0.1) is 17.0 Å². The minimum Gasteiger partial charge on any atom is -0.325 e. The zero-order valence-electron chi connectivity index (χ0n) is 17.9. The Hall–Kier alpha value is -2.51. The third kappa shape index (κ3) is 4.11. The van der Waals surface area contributed by atoms with Crippen molar-refractivity contribution in [2.24, 2.45) is 0 Å². The Bertz CT molecular complexity index is 1210. The van der Waals surface area contributed by atoms with Crippen LogP contribution in [0.5, 0.6) is 0 Å². The van der Waals surface area contributed by atoms with Crippen molar-refractivity contribution in [3.8, 4) is 5.69 Å². The molecule has 1 aliphatic heterocycles. The summed E-state index contributed by atoms with van der Waals surface area (Å²) in [5.74, 6) is 0.367. The summed E-state index contributed by atoms with van der Waals surface area (Å²) < 4.78 is 1.70. The fourth-order valence-corrected chi connectivity index (χ4v) is 6.92. The molecule has 2 heterocycles. The maximum atomic E-state index is 13.7. The lowest BCUT2D eigenvalue weighted by atomic mass is 9.85. The Balaban J connectivity index is 1.47. The molecule has 0 unspecified atom stereocenters. The molecular formula is C25H25N3O2S2. The van der Waals surface area contributed by atoms with Crippen LogP contribution in [0.4, 0.5) is 5.69 Å². The molecule has 1 saturated carbocycles. The summed E-state index contributed by atoms with van der Waals surface area (Å²) in [6.45, 7) is 1.97. The second kappa shape index (κ2) is 9.16. The molecule has 2 aromatic carbocycles. The van der Waals surface area contributed by atoms with E-state index in [4.69, 9.17) is 4.98 Å². The van der Waals surface area contributed by atoms with Crippen molar-refractivity contribution in [3.63, 3.8) is 0 Å². The van der Waals surface area contributed by atoms with Gasteiger partial charge in [0.25, 0.3) is 5.56 Å². The van der Waals surface area contributed by atoms with E-state index in [1.807, 2.05) is 61.5 Å². The fourth-order valence-electron chi connectivity index (χ4n) is 4.55. The van der Waals surface area contributed by atoms with Gasteiger partial charge in [-0.2, -0.15) is 0 Å². The van der Waals surface area contributed by atoms with Crippen molar-refractivity contribution in [2.45, 2.75) is 54.0 Å². The van der Waals surface area contributed by atoms with Gasteiger partial charge in [0, 0.05) is 16.9 Å². The van der Waals surface area contributed by atoms with Gasteiger partial charge >= 0.3 is 0 Å². The minimum atomic E-state index is -0.111. The van der Waals surface area contributed by atoms with Crippen LogP contribution in [0.15, 0.2) is 69.6 Å². The average molecular weight is 464 g/mol. The molecule has 164 valence electrons. The molecule has 0 bridgehead atoms. The molecule has 2 atom stereocenters. The van der Waals surface area contributed by atoms with Gasteiger partial charge in [-0.25, -0.2) is 4.98 Å². The summed E-state index contributed by atoms with van der Waals surface area (Å²) in [5.41, 5.74) is 3.50. The van der Waals surface area contributed by atoms with Gasteiger partial charge in [-0.3, -0.25) is 14.2 Å². The molecule has 5 rings (SSSR count). The number of para-hydroxylation sites is 2. The number of fused-ring (bicyclic) bond motifs is 3. The monoisotopic (exact) mass is 463 g/mol. The van der Waals surface area contributed by atoms with Gasteiger partial charge < -0.3 is 5.32 Å². The van der Waals surface area contributed by atoms with Crippen LogP contribution in [0, 0.1) is 6.92 Å². The topological polar surface area (TPSA) is 64.0 Å². The molecular weight excluding hydrogens is 438 g/mol. The van der Waals surface area contributed by atoms with Gasteiger partial charge in [-0.05, 0) is 43.5 Å². The minimum absolute atomic E-state index is 0.0184. The van der Waals surface area contributed by atoms with Gasteiger partial charge in [0.2, 0.25) is 5.91 Å². The SMILES string of the molecule is Cc1ccccc1NC(=O)CSc1nc2c(c(=O)n1-c1ccccc1)[C@@H]1CCCC[C@@H]1S2. The first-order valence-electron chi connectivity index (χ1n) is 11.0. The van der Waals surface area contributed by atoms with Crippen LogP contribution in [0.3, 0.4) is 0 Å². The number of thioether (sulfide) groups is 2. The van der Waals surface area contributed by atoms with Crippen LogP contribution in [-0.2, 0) is 4.79 Å². The first-order valence-corrected chi connectivity index (χ1v) is 12.9. The molecule has 0 saturated heterocycles. The van der Waals surface area contributed by atoms with Crippen molar-refractivity contribution in [3.05, 3.63) is 76.1 Å². The Kier molecular flexibility index (Phi) is 6.11. The van der Waals surface area contributed by atoms with E-state index in [0.29, 0.717) is 16.3 Å². The second-order valence-electron chi connectivity index (χ2n) is 8.29. The molecule has 3 aromatic rings. The third-order valence-corrected chi connectivity index (χ3v) is 8.49. The number of carbonyl (C=O) groups is 1. The molecule has 0 spiro atoms. The maximum absolute atomic E-state index is 13.7. The van der Waals surface area contributed by atoms with E-state index in [1.165, 1.54) is 24.6 Å². The Morgan fingerprint density at radius 1 is 1.12 bits per heavy atom. The Labute approximate surface area is 196 Å². The summed E-state index contributed by atoms with van der Waals surface area (Å²) in [5, 5.41) is 4.86. The number of aryl methyl sites for hydroxylation is 1. The second-order valence-corrected chi connectivity index (χ2v) is 10.5. The standard InChI is InChI=1S/C25H25N3O2S2/c1-16-9-5-7-13-19(16)26-21(29)15-31-25-27-23-22(18-12-6-8-14-20(18)32-23)24(30)28(25)17-10-3-2-4-11-17/h2-5,7,9-11,13,18,20H,6,8,12,14-15H2,1H3,(H,26,29)/t18-,20+/m1/s1. The van der Waals surface area contributed by atoms with Gasteiger partial charge in [0.15, 0.2) is 5.16 Å². The lowest BCUT2D eigenvalue weighted by Crippen LogP contribution is -2.29. The molecule has 7 heteroatoms. The fraction of sp³-hybridized carbons (Fsp3) is 0.320. The molecule has 1 fully saturated rings. The van der Waals surface area contributed by atoms with E-state index in [9.17, 15) is 9.59 Å². The highest BCUT2D eigenvalue weighted by atomic mass is 32.2. The summed E-state index contributed by atoms with van der Waals surface area (Å²) in [6, 6.07) is 17.3. The highest BCUT2D eigenvalue weighted by Crippen LogP contribution is 2.50. The normalized spacial score (nSPS) is 19.3. The number of nitrogens with one attached hydrogen (secondary N) is 1. The highest BCUT2D eigenvalue weighted by Gasteiger charge is 2.39. The molecule has 0 radical (unpaired) electrons. The first-order chi connectivity index (χ1) is 15.6. The number of nitrogens with zero attached hydrogens (tertiary/aromatic N) is 2. The predicted octanol–water partition coefficient (Wildman–Crippen LogP) is 5.40. The van der Waals surface area contributed by atoms with Crippen molar-refractivity contribution in [1.29, 1.82) is 0 Å². The molecule has 32 heavy (non-hydrogen) atoms.